The smallest absolute Gasteiger partial charge is 0.218 e. The van der Waals surface area contributed by atoms with E-state index in [1.807, 2.05) is 0 Å². The van der Waals surface area contributed by atoms with Crippen LogP contribution in [0.15, 0.2) is 30.3 Å². The van der Waals surface area contributed by atoms with Gasteiger partial charge < -0.3 is 10.6 Å². The minimum Gasteiger partial charge on any atom is -0.370 e. The zero-order valence-electron chi connectivity index (χ0n) is 15.2. The predicted molar refractivity (Wildman–Crippen MR) is 100 cm³/mol. The summed E-state index contributed by atoms with van der Waals surface area (Å²) in [5.74, 6) is 0.495. The Hall–Kier alpha value is -1.39. The highest BCUT2D eigenvalue weighted by molar-refractivity contribution is 5.73. The van der Waals surface area contributed by atoms with E-state index in [1.165, 1.54) is 50.8 Å². The summed E-state index contributed by atoms with van der Waals surface area (Å²) in [6.07, 6.45) is 7.12. The van der Waals surface area contributed by atoms with Gasteiger partial charge in [0, 0.05) is 32.1 Å². The first-order valence-corrected chi connectivity index (χ1v) is 9.93. The van der Waals surface area contributed by atoms with E-state index in [0.29, 0.717) is 17.8 Å². The Morgan fingerprint density at radius 1 is 1.16 bits per heavy atom. The van der Waals surface area contributed by atoms with Crippen molar-refractivity contribution in [1.82, 2.24) is 9.80 Å². The number of nitrogens with zero attached hydrogens (tertiary/aromatic N) is 2. The molecule has 1 amide bonds. The quantitative estimate of drug-likeness (QED) is 0.895. The first-order chi connectivity index (χ1) is 12.1. The molecule has 0 aromatic heterocycles. The number of primary amides is 1. The van der Waals surface area contributed by atoms with Gasteiger partial charge in [0.25, 0.3) is 0 Å². The lowest BCUT2D eigenvalue weighted by Gasteiger charge is -2.50. The van der Waals surface area contributed by atoms with E-state index >= 15 is 0 Å². The lowest BCUT2D eigenvalue weighted by atomic mass is 9.68. The standard InChI is InChI=1S/C21H31N3O/c22-20(25)8-11-23-12-9-21(10-13-23)14-18(17-4-2-1-3-5-17)15-24(16-21)19-6-7-19/h1-5,18-19H,6-16H2,(H2,22,25)/t18-/m0/s1. The van der Waals surface area contributed by atoms with Crippen molar-refractivity contribution in [1.29, 1.82) is 0 Å². The van der Waals surface area contributed by atoms with Crippen LogP contribution in [-0.2, 0) is 4.79 Å². The number of carbonyl (C=O) groups is 1. The van der Waals surface area contributed by atoms with Gasteiger partial charge in [0.1, 0.15) is 0 Å². The largest absolute Gasteiger partial charge is 0.370 e. The molecule has 1 aliphatic carbocycles. The summed E-state index contributed by atoms with van der Waals surface area (Å²) in [4.78, 5) is 16.3. The summed E-state index contributed by atoms with van der Waals surface area (Å²) < 4.78 is 0. The van der Waals surface area contributed by atoms with Crippen LogP contribution in [0.2, 0.25) is 0 Å². The fourth-order valence-electron chi connectivity index (χ4n) is 4.98. The summed E-state index contributed by atoms with van der Waals surface area (Å²) in [6.45, 7) is 5.59. The lowest BCUT2D eigenvalue weighted by Crippen LogP contribution is -2.52. The average Bonchev–Trinajstić information content (AvgIpc) is 3.47. The summed E-state index contributed by atoms with van der Waals surface area (Å²) in [6, 6.07) is 12.0. The van der Waals surface area contributed by atoms with Crippen LogP contribution in [0.4, 0.5) is 0 Å². The maximum atomic E-state index is 11.1. The second kappa shape index (κ2) is 7.08. The molecule has 2 saturated heterocycles. The number of rotatable bonds is 5. The molecule has 2 N–H and O–H groups in total. The van der Waals surface area contributed by atoms with Gasteiger partial charge in [-0.3, -0.25) is 9.69 Å². The van der Waals surface area contributed by atoms with Gasteiger partial charge in [0.15, 0.2) is 0 Å². The van der Waals surface area contributed by atoms with E-state index in [2.05, 4.69) is 40.1 Å². The molecule has 4 heteroatoms. The van der Waals surface area contributed by atoms with Crippen LogP contribution in [0.5, 0.6) is 0 Å². The van der Waals surface area contributed by atoms with Crippen LogP contribution in [-0.4, -0.2) is 54.5 Å². The number of hydrogen-bond acceptors (Lipinski definition) is 3. The summed E-state index contributed by atoms with van der Waals surface area (Å²) in [7, 11) is 0. The number of hydrogen-bond donors (Lipinski definition) is 1. The van der Waals surface area contributed by atoms with E-state index in [-0.39, 0.29) is 5.91 Å². The Morgan fingerprint density at radius 3 is 2.52 bits per heavy atom. The summed E-state index contributed by atoms with van der Waals surface area (Å²) in [5, 5.41) is 0. The molecule has 1 saturated carbocycles. The fraction of sp³-hybridized carbons (Fsp3) is 0.667. The summed E-state index contributed by atoms with van der Waals surface area (Å²) >= 11 is 0. The van der Waals surface area contributed by atoms with Gasteiger partial charge in [-0.25, -0.2) is 0 Å². The first-order valence-electron chi connectivity index (χ1n) is 9.93. The molecule has 136 valence electrons. The van der Waals surface area contributed by atoms with Gasteiger partial charge >= 0.3 is 0 Å². The molecule has 4 nitrogen and oxygen atoms in total. The van der Waals surface area contributed by atoms with Crippen LogP contribution >= 0.6 is 0 Å². The molecule has 3 fully saturated rings. The average molecular weight is 341 g/mol. The highest BCUT2D eigenvalue weighted by Gasteiger charge is 2.45. The molecule has 1 spiro atoms. The molecule has 0 unspecified atom stereocenters. The van der Waals surface area contributed by atoms with Gasteiger partial charge in [-0.15, -0.1) is 0 Å². The third kappa shape index (κ3) is 4.06. The zero-order chi connectivity index (χ0) is 17.3. The molecule has 25 heavy (non-hydrogen) atoms. The molecule has 1 atom stereocenters. The van der Waals surface area contributed by atoms with E-state index in [4.69, 9.17) is 5.73 Å². The second-order valence-corrected chi connectivity index (χ2v) is 8.53. The van der Waals surface area contributed by atoms with Crippen molar-refractivity contribution in [3.05, 3.63) is 35.9 Å². The van der Waals surface area contributed by atoms with E-state index in [0.717, 1.165) is 25.7 Å². The molecule has 4 rings (SSSR count). The minimum absolute atomic E-state index is 0.179. The third-order valence-electron chi connectivity index (χ3n) is 6.60. The maximum absolute atomic E-state index is 11.1. The van der Waals surface area contributed by atoms with Gasteiger partial charge in [-0.05, 0) is 62.1 Å². The van der Waals surface area contributed by atoms with Gasteiger partial charge in [-0.2, -0.15) is 0 Å². The van der Waals surface area contributed by atoms with Crippen LogP contribution in [0.25, 0.3) is 0 Å². The fourth-order valence-corrected chi connectivity index (χ4v) is 4.98. The molecule has 0 radical (unpaired) electrons. The zero-order valence-corrected chi connectivity index (χ0v) is 15.2. The van der Waals surface area contributed by atoms with Crippen molar-refractivity contribution in [3.63, 3.8) is 0 Å². The van der Waals surface area contributed by atoms with Crippen molar-refractivity contribution in [3.8, 4) is 0 Å². The van der Waals surface area contributed by atoms with E-state index < -0.39 is 0 Å². The maximum Gasteiger partial charge on any atom is 0.218 e. The molecule has 1 aromatic rings. The molecule has 0 bridgehead atoms. The number of nitrogens with two attached hydrogens (primary N) is 1. The highest BCUT2D eigenvalue weighted by atomic mass is 16.1. The van der Waals surface area contributed by atoms with Crippen molar-refractivity contribution >= 4 is 5.91 Å². The monoisotopic (exact) mass is 341 g/mol. The Labute approximate surface area is 151 Å². The third-order valence-corrected chi connectivity index (χ3v) is 6.60. The van der Waals surface area contributed by atoms with Crippen LogP contribution in [0.1, 0.15) is 50.0 Å². The molecule has 2 aliphatic heterocycles. The number of likely N-dealkylation sites (tertiary alicyclic amines) is 2. The predicted octanol–water partition coefficient (Wildman–Crippen LogP) is 2.60. The molecular formula is C21H31N3O. The van der Waals surface area contributed by atoms with Crippen molar-refractivity contribution in [2.75, 3.05) is 32.7 Å². The Kier molecular flexibility index (Phi) is 4.83. The number of amides is 1. The van der Waals surface area contributed by atoms with E-state index in [9.17, 15) is 4.79 Å². The molecule has 2 heterocycles. The van der Waals surface area contributed by atoms with Crippen molar-refractivity contribution in [2.45, 2.75) is 50.5 Å². The topological polar surface area (TPSA) is 49.6 Å². The normalized spacial score (nSPS) is 27.4. The number of benzene rings is 1. The Balaban J connectivity index is 1.44. The molecular weight excluding hydrogens is 310 g/mol. The van der Waals surface area contributed by atoms with Crippen LogP contribution in [0.3, 0.4) is 0 Å². The van der Waals surface area contributed by atoms with Gasteiger partial charge in [0.2, 0.25) is 5.91 Å². The minimum atomic E-state index is -0.179. The van der Waals surface area contributed by atoms with Gasteiger partial charge in [-0.1, -0.05) is 30.3 Å². The molecule has 3 aliphatic rings. The SMILES string of the molecule is NC(=O)CCN1CCC2(CC1)C[C@H](c1ccccc1)CN(C1CC1)C2. The number of carbonyl (C=O) groups excluding carboxylic acids is 1. The Bertz CT molecular complexity index is 590. The lowest BCUT2D eigenvalue weighted by molar-refractivity contribution is -0.118. The van der Waals surface area contributed by atoms with Crippen LogP contribution in [0, 0.1) is 5.41 Å². The highest BCUT2D eigenvalue weighted by Crippen LogP contribution is 2.47. The molecule has 1 aromatic carbocycles. The van der Waals surface area contributed by atoms with E-state index in [1.54, 1.807) is 0 Å². The number of piperidine rings is 2. The first kappa shape index (κ1) is 17.0. The van der Waals surface area contributed by atoms with Gasteiger partial charge in [0.05, 0.1) is 0 Å². The van der Waals surface area contributed by atoms with Crippen LogP contribution < -0.4 is 5.73 Å². The summed E-state index contributed by atoms with van der Waals surface area (Å²) in [5.41, 5.74) is 7.29. The van der Waals surface area contributed by atoms with Crippen molar-refractivity contribution in [2.24, 2.45) is 11.1 Å². The Morgan fingerprint density at radius 2 is 1.88 bits per heavy atom. The second-order valence-electron chi connectivity index (χ2n) is 8.53. The van der Waals surface area contributed by atoms with Crippen molar-refractivity contribution < 1.29 is 4.79 Å².